The number of anilines is 1. The molecule has 9 heteroatoms. The minimum atomic E-state index is -0.733. The molecule has 1 N–H and O–H groups in total. The van der Waals surface area contributed by atoms with Crippen molar-refractivity contribution in [1.82, 2.24) is 4.90 Å². The van der Waals surface area contributed by atoms with Crippen LogP contribution in [0.3, 0.4) is 0 Å². The first kappa shape index (κ1) is 21.9. The van der Waals surface area contributed by atoms with E-state index in [2.05, 4.69) is 10.1 Å². The lowest BCUT2D eigenvalue weighted by molar-refractivity contribution is -0.136. The lowest BCUT2D eigenvalue weighted by Gasteiger charge is -2.17. The normalized spacial score (nSPS) is 10.0. The van der Waals surface area contributed by atoms with Crippen LogP contribution in [0.5, 0.6) is 0 Å². The number of para-hydroxylation sites is 1. The van der Waals surface area contributed by atoms with Crippen LogP contribution >= 0.6 is 11.6 Å². The number of amides is 2. The summed E-state index contributed by atoms with van der Waals surface area (Å²) in [5, 5.41) is 2.97. The number of nitrogens with one attached hydrogen (secondary N) is 1. The molecule has 0 aliphatic heterocycles. The van der Waals surface area contributed by atoms with Gasteiger partial charge in [0.15, 0.2) is 6.61 Å². The van der Waals surface area contributed by atoms with E-state index < -0.39 is 30.4 Å². The number of hydrogen-bond acceptors (Lipinski definition) is 6. The Bertz CT molecular complexity index is 913. The van der Waals surface area contributed by atoms with E-state index in [1.54, 1.807) is 24.3 Å². The molecule has 152 valence electrons. The topological polar surface area (TPSA) is 102 Å². The highest BCUT2D eigenvalue weighted by molar-refractivity contribution is 6.33. The van der Waals surface area contributed by atoms with E-state index in [1.165, 1.54) is 38.4 Å². The largest absolute Gasteiger partial charge is 0.465 e. The Morgan fingerprint density at radius 2 is 1.55 bits per heavy atom. The summed E-state index contributed by atoms with van der Waals surface area (Å²) >= 11 is 5.97. The average Bonchev–Trinajstić information content (AvgIpc) is 2.72. The van der Waals surface area contributed by atoms with E-state index in [4.69, 9.17) is 16.3 Å². The van der Waals surface area contributed by atoms with Gasteiger partial charge in [0.05, 0.1) is 35.5 Å². The smallest absolute Gasteiger partial charge is 0.338 e. The minimum Gasteiger partial charge on any atom is -0.465 e. The maximum Gasteiger partial charge on any atom is 0.338 e. The minimum absolute atomic E-state index is 0.171. The molecule has 0 aliphatic carbocycles. The van der Waals surface area contributed by atoms with Crippen LogP contribution < -0.4 is 5.32 Å². The lowest BCUT2D eigenvalue weighted by atomic mass is 10.1. The Hall–Kier alpha value is -3.39. The van der Waals surface area contributed by atoms with Crippen LogP contribution in [-0.2, 0) is 19.1 Å². The number of halogens is 1. The Morgan fingerprint density at radius 1 is 0.966 bits per heavy atom. The number of nitrogens with zero attached hydrogens (tertiary/aromatic N) is 1. The maximum atomic E-state index is 12.1. The zero-order valence-corrected chi connectivity index (χ0v) is 16.6. The molecule has 0 saturated carbocycles. The number of likely N-dealkylation sites (N-methyl/N-ethyl adjacent to an activating group) is 1. The van der Waals surface area contributed by atoms with Gasteiger partial charge in [-0.3, -0.25) is 9.59 Å². The highest BCUT2D eigenvalue weighted by Crippen LogP contribution is 2.20. The molecule has 0 aliphatic rings. The van der Waals surface area contributed by atoms with Gasteiger partial charge in [0, 0.05) is 7.05 Å². The van der Waals surface area contributed by atoms with Crippen molar-refractivity contribution in [1.29, 1.82) is 0 Å². The van der Waals surface area contributed by atoms with Crippen molar-refractivity contribution in [3.05, 3.63) is 64.7 Å². The van der Waals surface area contributed by atoms with Crippen LogP contribution in [0.4, 0.5) is 5.69 Å². The third-order valence-electron chi connectivity index (χ3n) is 3.82. The molecule has 0 atom stereocenters. The zero-order valence-electron chi connectivity index (χ0n) is 15.8. The molecule has 2 aromatic rings. The van der Waals surface area contributed by atoms with Crippen LogP contribution in [-0.4, -0.2) is 56.0 Å². The second-order valence-electron chi connectivity index (χ2n) is 5.92. The number of hydrogen-bond donors (Lipinski definition) is 1. The number of esters is 2. The summed E-state index contributed by atoms with van der Waals surface area (Å²) in [7, 11) is 2.66. The van der Waals surface area contributed by atoms with Gasteiger partial charge in [-0.05, 0) is 36.4 Å². The second-order valence-corrected chi connectivity index (χ2v) is 6.33. The predicted octanol–water partition coefficient (Wildman–Crippen LogP) is 2.38. The van der Waals surface area contributed by atoms with Gasteiger partial charge in [0.1, 0.15) is 0 Å². The first-order valence-corrected chi connectivity index (χ1v) is 8.83. The number of methoxy groups -OCH3 is 1. The van der Waals surface area contributed by atoms with Gasteiger partial charge in [-0.15, -0.1) is 0 Å². The average molecular weight is 419 g/mol. The maximum absolute atomic E-state index is 12.1. The standard InChI is InChI=1S/C20H19ClN2O6/c1-23(11-17(24)22-16-6-4-3-5-15(16)21)18(25)12-29-20(27)14-9-7-13(8-10-14)19(26)28-2/h3-10H,11-12H2,1-2H3,(H,22,24). The molecular weight excluding hydrogens is 400 g/mol. The summed E-state index contributed by atoms with van der Waals surface area (Å²) in [6.45, 7) is -0.775. The fourth-order valence-corrected chi connectivity index (χ4v) is 2.42. The molecule has 0 spiro atoms. The number of ether oxygens (including phenoxy) is 2. The van der Waals surface area contributed by atoms with Crippen LogP contribution in [0.2, 0.25) is 5.02 Å². The molecule has 2 amide bonds. The highest BCUT2D eigenvalue weighted by atomic mass is 35.5. The van der Waals surface area contributed by atoms with Gasteiger partial charge in [-0.1, -0.05) is 23.7 Å². The van der Waals surface area contributed by atoms with Gasteiger partial charge in [0.2, 0.25) is 5.91 Å². The Kier molecular flexibility index (Phi) is 7.73. The summed E-state index contributed by atoms with van der Waals surface area (Å²) in [4.78, 5) is 48.7. The van der Waals surface area contributed by atoms with Crippen molar-refractivity contribution >= 4 is 41.0 Å². The molecule has 0 heterocycles. The molecular formula is C20H19ClN2O6. The van der Waals surface area contributed by atoms with Crippen LogP contribution in [0, 0.1) is 0 Å². The molecule has 0 saturated heterocycles. The summed E-state index contributed by atoms with van der Waals surface area (Å²) in [5.74, 6) is -2.27. The predicted molar refractivity (Wildman–Crippen MR) is 106 cm³/mol. The van der Waals surface area contributed by atoms with Crippen molar-refractivity contribution in [3.63, 3.8) is 0 Å². The zero-order chi connectivity index (χ0) is 21.4. The van der Waals surface area contributed by atoms with Crippen LogP contribution in [0.1, 0.15) is 20.7 Å². The first-order valence-electron chi connectivity index (χ1n) is 8.45. The Balaban J connectivity index is 1.83. The fraction of sp³-hybridized carbons (Fsp3) is 0.200. The molecule has 0 bridgehead atoms. The number of benzene rings is 2. The van der Waals surface area contributed by atoms with E-state index in [0.29, 0.717) is 10.7 Å². The van der Waals surface area contributed by atoms with Gasteiger partial charge < -0.3 is 19.7 Å². The molecule has 29 heavy (non-hydrogen) atoms. The van der Waals surface area contributed by atoms with Gasteiger partial charge >= 0.3 is 11.9 Å². The lowest BCUT2D eigenvalue weighted by Crippen LogP contribution is -2.37. The first-order chi connectivity index (χ1) is 13.8. The molecule has 0 unspecified atom stereocenters. The summed E-state index contributed by atoms with van der Waals surface area (Å²) in [6, 6.07) is 12.3. The van der Waals surface area contributed by atoms with Crippen LogP contribution in [0.25, 0.3) is 0 Å². The quantitative estimate of drug-likeness (QED) is 0.692. The monoisotopic (exact) mass is 418 g/mol. The summed E-state index contributed by atoms with van der Waals surface area (Å²) < 4.78 is 9.53. The van der Waals surface area contributed by atoms with Crippen molar-refractivity contribution < 1.29 is 28.7 Å². The number of carbonyl (C=O) groups is 4. The van der Waals surface area contributed by atoms with Crippen molar-refractivity contribution in [2.45, 2.75) is 0 Å². The number of carbonyl (C=O) groups excluding carboxylic acids is 4. The van der Waals surface area contributed by atoms with Crippen molar-refractivity contribution in [3.8, 4) is 0 Å². The van der Waals surface area contributed by atoms with Crippen molar-refractivity contribution in [2.24, 2.45) is 0 Å². The van der Waals surface area contributed by atoms with E-state index >= 15 is 0 Å². The number of rotatable bonds is 7. The van der Waals surface area contributed by atoms with Gasteiger partial charge in [-0.25, -0.2) is 9.59 Å². The van der Waals surface area contributed by atoms with E-state index in [-0.39, 0.29) is 17.7 Å². The van der Waals surface area contributed by atoms with Gasteiger partial charge in [-0.2, -0.15) is 0 Å². The summed E-state index contributed by atoms with van der Waals surface area (Å²) in [6.07, 6.45) is 0. The van der Waals surface area contributed by atoms with Crippen LogP contribution in [0.15, 0.2) is 48.5 Å². The molecule has 0 fully saturated rings. The van der Waals surface area contributed by atoms with E-state index in [0.717, 1.165) is 4.90 Å². The third-order valence-corrected chi connectivity index (χ3v) is 4.15. The molecule has 0 radical (unpaired) electrons. The van der Waals surface area contributed by atoms with E-state index in [9.17, 15) is 19.2 Å². The van der Waals surface area contributed by atoms with Crippen molar-refractivity contribution in [2.75, 3.05) is 32.6 Å². The molecule has 0 aromatic heterocycles. The molecule has 2 aromatic carbocycles. The second kappa shape index (κ2) is 10.2. The fourth-order valence-electron chi connectivity index (χ4n) is 2.24. The summed E-state index contributed by atoms with van der Waals surface area (Å²) in [5.41, 5.74) is 0.885. The highest BCUT2D eigenvalue weighted by Gasteiger charge is 2.17. The van der Waals surface area contributed by atoms with Gasteiger partial charge in [0.25, 0.3) is 5.91 Å². The SMILES string of the molecule is COC(=O)c1ccc(C(=O)OCC(=O)N(C)CC(=O)Nc2ccccc2Cl)cc1. The molecule has 2 rings (SSSR count). The third kappa shape index (κ3) is 6.32. The van der Waals surface area contributed by atoms with E-state index in [1.807, 2.05) is 0 Å². The molecule has 8 nitrogen and oxygen atoms in total. The Morgan fingerprint density at radius 3 is 2.14 bits per heavy atom. The Labute approximate surface area is 172 Å².